The Balaban J connectivity index is 0.00000196. The molecular weight excluding hydrogens is 277 g/mol. The van der Waals surface area contributed by atoms with Crippen molar-refractivity contribution in [3.63, 3.8) is 0 Å². The molecule has 0 fully saturated rings. The number of nitrogens with one attached hydrogen (secondary N) is 1. The second-order valence-corrected chi connectivity index (χ2v) is 4.36. The Kier molecular flexibility index (Phi) is 6.98. The lowest BCUT2D eigenvalue weighted by molar-refractivity contribution is 0.412. The Bertz CT molecular complexity index is 305. The van der Waals surface area contributed by atoms with Crippen molar-refractivity contribution in [1.29, 1.82) is 0 Å². The third kappa shape index (κ3) is 4.87. The van der Waals surface area contributed by atoms with E-state index in [0.29, 0.717) is 6.04 Å². The predicted octanol–water partition coefficient (Wildman–Crippen LogP) is 3.38. The highest BCUT2D eigenvalue weighted by Crippen LogP contribution is 2.25. The van der Waals surface area contributed by atoms with E-state index in [4.69, 9.17) is 4.74 Å². The number of ether oxygens (including phenoxy) is 1. The van der Waals surface area contributed by atoms with E-state index in [1.807, 2.05) is 6.07 Å². The van der Waals surface area contributed by atoms with Crippen LogP contribution in [-0.4, -0.2) is 13.2 Å². The highest BCUT2D eigenvalue weighted by Gasteiger charge is 2.01. The van der Waals surface area contributed by atoms with Gasteiger partial charge in [-0.05, 0) is 33.6 Å². The minimum Gasteiger partial charge on any atom is -0.496 e. The molecule has 0 saturated heterocycles. The molecule has 0 unspecified atom stereocenters. The number of hydrogen-bond acceptors (Lipinski definition) is 2. The monoisotopic (exact) mass is 293 g/mol. The summed E-state index contributed by atoms with van der Waals surface area (Å²) < 4.78 is 6.16. The van der Waals surface area contributed by atoms with E-state index in [0.717, 1.165) is 16.8 Å². The molecule has 0 heterocycles. The van der Waals surface area contributed by atoms with Gasteiger partial charge in [0.15, 0.2) is 0 Å². The fraction of sp³-hybridized carbons (Fsp3) is 0.455. The summed E-state index contributed by atoms with van der Waals surface area (Å²) in [5.74, 6) is 0.873. The van der Waals surface area contributed by atoms with Gasteiger partial charge in [-0.25, -0.2) is 0 Å². The Labute approximate surface area is 106 Å². The highest BCUT2D eigenvalue weighted by molar-refractivity contribution is 9.10. The second-order valence-electron chi connectivity index (χ2n) is 3.50. The topological polar surface area (TPSA) is 21.3 Å². The van der Waals surface area contributed by atoms with Gasteiger partial charge < -0.3 is 10.1 Å². The molecule has 2 nitrogen and oxygen atoms in total. The Morgan fingerprint density at radius 3 is 2.53 bits per heavy atom. The van der Waals surface area contributed by atoms with Crippen LogP contribution in [0.1, 0.15) is 19.4 Å². The maximum atomic E-state index is 5.16. The summed E-state index contributed by atoms with van der Waals surface area (Å²) in [6.45, 7) is 5.16. The van der Waals surface area contributed by atoms with E-state index in [-0.39, 0.29) is 12.4 Å². The van der Waals surface area contributed by atoms with Gasteiger partial charge in [0.05, 0.1) is 11.6 Å². The van der Waals surface area contributed by atoms with Crippen LogP contribution in [0.4, 0.5) is 0 Å². The summed E-state index contributed by atoms with van der Waals surface area (Å²) in [5.41, 5.74) is 1.26. The zero-order valence-electron chi connectivity index (χ0n) is 9.21. The van der Waals surface area contributed by atoms with Crippen LogP contribution < -0.4 is 10.1 Å². The fourth-order valence-electron chi connectivity index (χ4n) is 1.14. The van der Waals surface area contributed by atoms with Gasteiger partial charge in [-0.15, -0.1) is 12.4 Å². The van der Waals surface area contributed by atoms with Gasteiger partial charge in [-0.1, -0.05) is 19.9 Å². The van der Waals surface area contributed by atoms with Gasteiger partial charge in [0.2, 0.25) is 0 Å². The van der Waals surface area contributed by atoms with Crippen molar-refractivity contribution in [2.75, 3.05) is 7.11 Å². The van der Waals surface area contributed by atoms with Gasteiger partial charge in [0.1, 0.15) is 5.75 Å². The number of methoxy groups -OCH3 is 1. The Morgan fingerprint density at radius 2 is 2.07 bits per heavy atom. The molecule has 1 rings (SSSR count). The molecule has 0 bridgehead atoms. The van der Waals surface area contributed by atoms with Gasteiger partial charge in [-0.3, -0.25) is 0 Å². The van der Waals surface area contributed by atoms with Crippen LogP contribution in [0.3, 0.4) is 0 Å². The lowest BCUT2D eigenvalue weighted by atomic mass is 10.2. The van der Waals surface area contributed by atoms with Crippen LogP contribution in [0.25, 0.3) is 0 Å². The van der Waals surface area contributed by atoms with Crippen molar-refractivity contribution in [2.45, 2.75) is 26.4 Å². The molecular formula is C11H17BrClNO. The third-order valence-corrected chi connectivity index (χ3v) is 2.55. The maximum Gasteiger partial charge on any atom is 0.133 e. The van der Waals surface area contributed by atoms with E-state index in [2.05, 4.69) is 47.2 Å². The van der Waals surface area contributed by atoms with E-state index in [1.54, 1.807) is 7.11 Å². The average molecular weight is 295 g/mol. The van der Waals surface area contributed by atoms with E-state index in [1.165, 1.54) is 5.56 Å². The van der Waals surface area contributed by atoms with Crippen molar-refractivity contribution in [3.05, 3.63) is 28.2 Å². The Hall–Kier alpha value is -0.250. The van der Waals surface area contributed by atoms with Gasteiger partial charge in [0, 0.05) is 12.6 Å². The third-order valence-electron chi connectivity index (χ3n) is 1.93. The lowest BCUT2D eigenvalue weighted by Gasteiger charge is -2.09. The van der Waals surface area contributed by atoms with E-state index >= 15 is 0 Å². The van der Waals surface area contributed by atoms with Crippen molar-refractivity contribution >= 4 is 28.3 Å². The minimum absolute atomic E-state index is 0. The molecule has 0 aliphatic carbocycles. The van der Waals surface area contributed by atoms with E-state index < -0.39 is 0 Å². The molecule has 15 heavy (non-hydrogen) atoms. The van der Waals surface area contributed by atoms with Crippen LogP contribution in [0, 0.1) is 0 Å². The minimum atomic E-state index is 0. The molecule has 86 valence electrons. The first-order chi connectivity index (χ1) is 6.63. The molecule has 4 heteroatoms. The van der Waals surface area contributed by atoms with Crippen LogP contribution in [-0.2, 0) is 6.54 Å². The molecule has 0 aromatic heterocycles. The summed E-state index contributed by atoms with van der Waals surface area (Å²) in [6.07, 6.45) is 0. The first-order valence-electron chi connectivity index (χ1n) is 4.69. The summed E-state index contributed by atoms with van der Waals surface area (Å²) in [5, 5.41) is 3.36. The summed E-state index contributed by atoms with van der Waals surface area (Å²) in [4.78, 5) is 0. The molecule has 0 amide bonds. The van der Waals surface area contributed by atoms with Gasteiger partial charge >= 0.3 is 0 Å². The number of rotatable bonds is 4. The van der Waals surface area contributed by atoms with Crippen LogP contribution in [0.2, 0.25) is 0 Å². The molecule has 1 aromatic carbocycles. The van der Waals surface area contributed by atoms with Crippen LogP contribution >= 0.6 is 28.3 Å². The van der Waals surface area contributed by atoms with Crippen molar-refractivity contribution in [3.8, 4) is 5.75 Å². The molecule has 1 N–H and O–H groups in total. The molecule has 0 aliphatic heterocycles. The highest BCUT2D eigenvalue weighted by atomic mass is 79.9. The Morgan fingerprint density at radius 1 is 1.40 bits per heavy atom. The zero-order valence-corrected chi connectivity index (χ0v) is 11.6. The predicted molar refractivity (Wildman–Crippen MR) is 69.9 cm³/mol. The first kappa shape index (κ1) is 14.8. The molecule has 0 atom stereocenters. The fourth-order valence-corrected chi connectivity index (χ4v) is 1.73. The van der Waals surface area contributed by atoms with Crippen molar-refractivity contribution in [2.24, 2.45) is 0 Å². The SMILES string of the molecule is COc1ccc(CNC(C)C)cc1Br.Cl. The van der Waals surface area contributed by atoms with Gasteiger partial charge in [-0.2, -0.15) is 0 Å². The number of halogens is 2. The normalized spacial score (nSPS) is 9.93. The summed E-state index contributed by atoms with van der Waals surface area (Å²) in [7, 11) is 1.67. The molecule has 0 aliphatic rings. The number of benzene rings is 1. The smallest absolute Gasteiger partial charge is 0.133 e. The maximum absolute atomic E-state index is 5.16. The second kappa shape index (κ2) is 7.09. The molecule has 0 spiro atoms. The lowest BCUT2D eigenvalue weighted by Crippen LogP contribution is -2.21. The first-order valence-corrected chi connectivity index (χ1v) is 5.48. The number of hydrogen-bond donors (Lipinski definition) is 1. The molecule has 0 saturated carbocycles. The standard InChI is InChI=1S/C11H16BrNO.ClH/c1-8(2)13-7-9-4-5-11(14-3)10(12)6-9;/h4-6,8,13H,7H2,1-3H3;1H. The van der Waals surface area contributed by atoms with Crippen molar-refractivity contribution < 1.29 is 4.74 Å². The quantitative estimate of drug-likeness (QED) is 0.919. The van der Waals surface area contributed by atoms with E-state index in [9.17, 15) is 0 Å². The summed E-state index contributed by atoms with van der Waals surface area (Å²) in [6, 6.07) is 6.63. The van der Waals surface area contributed by atoms with Crippen LogP contribution in [0.5, 0.6) is 5.75 Å². The largest absolute Gasteiger partial charge is 0.496 e. The summed E-state index contributed by atoms with van der Waals surface area (Å²) >= 11 is 3.46. The zero-order chi connectivity index (χ0) is 10.6. The molecule has 0 radical (unpaired) electrons. The average Bonchev–Trinajstić information content (AvgIpc) is 2.15. The van der Waals surface area contributed by atoms with Crippen molar-refractivity contribution in [1.82, 2.24) is 5.32 Å². The van der Waals surface area contributed by atoms with Crippen LogP contribution in [0.15, 0.2) is 22.7 Å². The van der Waals surface area contributed by atoms with Gasteiger partial charge in [0.25, 0.3) is 0 Å². The molecule has 1 aromatic rings.